The molecule has 0 aromatic carbocycles. The molecule has 5 heteroatoms. The van der Waals surface area contributed by atoms with Crippen molar-refractivity contribution in [2.45, 2.75) is 11.9 Å². The van der Waals surface area contributed by atoms with Crippen LogP contribution in [-0.4, -0.2) is 27.7 Å². The van der Waals surface area contributed by atoms with E-state index in [0.717, 1.165) is 10.8 Å². The fraction of sp³-hybridized carbons (Fsp3) is 0.500. The lowest BCUT2D eigenvalue weighted by Crippen LogP contribution is -2.03. The van der Waals surface area contributed by atoms with Crippen LogP contribution in [0.3, 0.4) is 0 Å². The molecule has 0 saturated carbocycles. The van der Waals surface area contributed by atoms with Gasteiger partial charge >= 0.3 is 0 Å². The van der Waals surface area contributed by atoms with Gasteiger partial charge in [0, 0.05) is 12.4 Å². The van der Waals surface area contributed by atoms with Crippen LogP contribution >= 0.6 is 23.4 Å². The van der Waals surface area contributed by atoms with Crippen LogP contribution in [0, 0.1) is 5.92 Å². The van der Waals surface area contributed by atoms with Crippen molar-refractivity contribution in [1.29, 1.82) is 0 Å². The van der Waals surface area contributed by atoms with E-state index in [9.17, 15) is 0 Å². The number of aliphatic hydroxyl groups is 1. The molecule has 0 spiro atoms. The molecule has 0 aliphatic heterocycles. The third-order valence-corrected chi connectivity index (χ3v) is 2.89. The molecule has 0 saturated heterocycles. The minimum absolute atomic E-state index is 0.202. The zero-order valence-corrected chi connectivity index (χ0v) is 8.85. The summed E-state index contributed by atoms with van der Waals surface area (Å²) in [6.45, 7) is 2.18. The summed E-state index contributed by atoms with van der Waals surface area (Å²) < 4.78 is 0. The first-order chi connectivity index (χ1) is 6.22. The van der Waals surface area contributed by atoms with Crippen molar-refractivity contribution in [1.82, 2.24) is 10.2 Å². The Morgan fingerprint density at radius 1 is 1.54 bits per heavy atom. The molecular weight excluding hydrogens is 208 g/mol. The maximum absolute atomic E-state index is 8.79. The Hall–Kier alpha value is -0.320. The molecule has 1 N–H and O–H groups in total. The summed E-state index contributed by atoms with van der Waals surface area (Å²) in [6.07, 6.45) is 0. The SMILES string of the molecule is CC(CO)CSc1ccc(Cl)nn1. The lowest BCUT2D eigenvalue weighted by atomic mass is 10.2. The van der Waals surface area contributed by atoms with Gasteiger partial charge in [-0.2, -0.15) is 0 Å². The molecule has 1 unspecified atom stereocenters. The van der Waals surface area contributed by atoms with E-state index >= 15 is 0 Å². The number of thioether (sulfide) groups is 1. The van der Waals surface area contributed by atoms with Crippen molar-refractivity contribution in [2.24, 2.45) is 5.92 Å². The molecule has 1 heterocycles. The minimum atomic E-state index is 0.202. The fourth-order valence-corrected chi connectivity index (χ4v) is 1.59. The standard InChI is InChI=1S/C8H11ClN2OS/c1-6(4-12)5-13-8-3-2-7(9)10-11-8/h2-3,6,12H,4-5H2,1H3. The molecular formula is C8H11ClN2OS. The van der Waals surface area contributed by atoms with Crippen LogP contribution in [0.5, 0.6) is 0 Å². The number of halogens is 1. The summed E-state index contributed by atoms with van der Waals surface area (Å²) >= 11 is 7.15. The summed E-state index contributed by atoms with van der Waals surface area (Å²) in [5.41, 5.74) is 0. The molecule has 1 aromatic rings. The Morgan fingerprint density at radius 3 is 2.85 bits per heavy atom. The van der Waals surface area contributed by atoms with E-state index in [1.54, 1.807) is 17.8 Å². The average Bonchev–Trinajstić information content (AvgIpc) is 2.16. The Balaban J connectivity index is 2.41. The van der Waals surface area contributed by atoms with Crippen LogP contribution in [0.25, 0.3) is 0 Å². The number of aliphatic hydroxyl groups excluding tert-OH is 1. The normalized spacial score (nSPS) is 12.8. The zero-order valence-electron chi connectivity index (χ0n) is 7.27. The van der Waals surface area contributed by atoms with Gasteiger partial charge in [-0.1, -0.05) is 18.5 Å². The van der Waals surface area contributed by atoms with Gasteiger partial charge < -0.3 is 5.11 Å². The Kier molecular flexibility index (Phi) is 4.48. The van der Waals surface area contributed by atoms with Crippen LogP contribution in [-0.2, 0) is 0 Å². The summed E-state index contributed by atoms with van der Waals surface area (Å²) in [5, 5.41) is 17.6. The van der Waals surface area contributed by atoms with Gasteiger partial charge in [-0.05, 0) is 18.1 Å². The van der Waals surface area contributed by atoms with Crippen molar-refractivity contribution < 1.29 is 5.11 Å². The van der Waals surface area contributed by atoms with E-state index in [2.05, 4.69) is 10.2 Å². The average molecular weight is 219 g/mol. The quantitative estimate of drug-likeness (QED) is 0.784. The number of rotatable bonds is 4. The van der Waals surface area contributed by atoms with Gasteiger partial charge in [0.2, 0.25) is 0 Å². The monoisotopic (exact) mass is 218 g/mol. The highest BCUT2D eigenvalue weighted by Gasteiger charge is 2.02. The van der Waals surface area contributed by atoms with Crippen LogP contribution in [0.1, 0.15) is 6.92 Å². The van der Waals surface area contributed by atoms with Crippen molar-refractivity contribution >= 4 is 23.4 Å². The van der Waals surface area contributed by atoms with E-state index in [1.165, 1.54) is 0 Å². The lowest BCUT2D eigenvalue weighted by Gasteiger charge is -2.05. The molecule has 1 rings (SSSR count). The second-order valence-corrected chi connectivity index (χ2v) is 4.22. The van der Waals surface area contributed by atoms with Gasteiger partial charge in [0.25, 0.3) is 0 Å². The van der Waals surface area contributed by atoms with Gasteiger partial charge in [-0.15, -0.1) is 22.0 Å². The van der Waals surface area contributed by atoms with Crippen molar-refractivity contribution in [3.8, 4) is 0 Å². The third-order valence-electron chi connectivity index (χ3n) is 1.43. The molecule has 0 radical (unpaired) electrons. The molecule has 0 amide bonds. The highest BCUT2D eigenvalue weighted by atomic mass is 35.5. The molecule has 0 aliphatic rings. The second kappa shape index (κ2) is 5.42. The summed E-state index contributed by atoms with van der Waals surface area (Å²) in [7, 11) is 0. The van der Waals surface area contributed by atoms with Gasteiger partial charge in [0.05, 0.1) is 0 Å². The molecule has 0 fully saturated rings. The molecule has 0 bridgehead atoms. The third kappa shape index (κ3) is 3.93. The van der Waals surface area contributed by atoms with Crippen LogP contribution in [0.4, 0.5) is 0 Å². The number of hydrogen-bond donors (Lipinski definition) is 1. The Labute approximate surface area is 86.5 Å². The first kappa shape index (κ1) is 10.8. The van der Waals surface area contributed by atoms with Crippen molar-refractivity contribution in [2.75, 3.05) is 12.4 Å². The maximum atomic E-state index is 8.79. The van der Waals surface area contributed by atoms with Gasteiger partial charge in [0.15, 0.2) is 5.15 Å². The Bertz CT molecular complexity index is 255. The topological polar surface area (TPSA) is 46.0 Å². The highest BCUT2D eigenvalue weighted by molar-refractivity contribution is 7.99. The van der Waals surface area contributed by atoms with Crippen LogP contribution in [0.15, 0.2) is 17.2 Å². The molecule has 72 valence electrons. The first-order valence-electron chi connectivity index (χ1n) is 3.95. The summed E-state index contributed by atoms with van der Waals surface area (Å²) in [6, 6.07) is 3.53. The second-order valence-electron chi connectivity index (χ2n) is 2.79. The smallest absolute Gasteiger partial charge is 0.151 e. The molecule has 1 atom stereocenters. The van der Waals surface area contributed by atoms with Crippen LogP contribution in [0.2, 0.25) is 5.15 Å². The van der Waals surface area contributed by atoms with E-state index in [4.69, 9.17) is 16.7 Å². The fourth-order valence-electron chi connectivity index (χ4n) is 0.661. The number of hydrogen-bond acceptors (Lipinski definition) is 4. The van der Waals surface area contributed by atoms with E-state index < -0.39 is 0 Å². The van der Waals surface area contributed by atoms with E-state index in [-0.39, 0.29) is 12.5 Å². The first-order valence-corrected chi connectivity index (χ1v) is 5.31. The number of aromatic nitrogens is 2. The predicted octanol–water partition coefficient (Wildman–Crippen LogP) is 1.85. The van der Waals surface area contributed by atoms with Gasteiger partial charge in [-0.25, -0.2) is 0 Å². The highest BCUT2D eigenvalue weighted by Crippen LogP contribution is 2.18. The summed E-state index contributed by atoms with van der Waals surface area (Å²) in [5.74, 6) is 1.12. The Morgan fingerprint density at radius 2 is 2.31 bits per heavy atom. The molecule has 1 aromatic heterocycles. The van der Waals surface area contributed by atoms with Crippen molar-refractivity contribution in [3.63, 3.8) is 0 Å². The van der Waals surface area contributed by atoms with Crippen LogP contribution < -0.4 is 0 Å². The zero-order chi connectivity index (χ0) is 9.68. The van der Waals surface area contributed by atoms with Crippen molar-refractivity contribution in [3.05, 3.63) is 17.3 Å². The van der Waals surface area contributed by atoms with Gasteiger partial charge in [-0.3, -0.25) is 0 Å². The largest absolute Gasteiger partial charge is 0.396 e. The lowest BCUT2D eigenvalue weighted by molar-refractivity contribution is 0.250. The van der Waals surface area contributed by atoms with E-state index in [1.807, 2.05) is 13.0 Å². The minimum Gasteiger partial charge on any atom is -0.396 e. The maximum Gasteiger partial charge on any atom is 0.151 e. The summed E-state index contributed by atoms with van der Waals surface area (Å²) in [4.78, 5) is 0. The predicted molar refractivity (Wildman–Crippen MR) is 54.0 cm³/mol. The van der Waals surface area contributed by atoms with E-state index in [0.29, 0.717) is 5.15 Å². The molecule has 13 heavy (non-hydrogen) atoms. The molecule has 3 nitrogen and oxygen atoms in total. The van der Waals surface area contributed by atoms with Gasteiger partial charge in [0.1, 0.15) is 5.03 Å². The molecule has 0 aliphatic carbocycles. The number of nitrogens with zero attached hydrogens (tertiary/aromatic N) is 2.